The number of rotatable bonds is 49. The molecule has 0 bridgehead atoms. The van der Waals surface area contributed by atoms with E-state index in [1.165, 1.54) is 199 Å². The number of amides is 1. The van der Waals surface area contributed by atoms with Crippen LogP contribution < -0.4 is 5.32 Å². The molecule has 358 valence electrons. The Hall–Kier alpha value is -1.92. The molecule has 6 heteroatoms. The Morgan fingerprint density at radius 1 is 0.443 bits per heavy atom. The van der Waals surface area contributed by atoms with Crippen molar-refractivity contribution >= 4 is 11.9 Å². The number of allylic oxidation sites excluding steroid dienone is 5. The predicted octanol–water partition coefficient (Wildman–Crippen LogP) is 16.1. The summed E-state index contributed by atoms with van der Waals surface area (Å²) in [6.07, 6.45) is 61.6. The van der Waals surface area contributed by atoms with Crippen molar-refractivity contribution in [1.82, 2.24) is 5.32 Å². The van der Waals surface area contributed by atoms with Crippen LogP contribution in [0.15, 0.2) is 36.5 Å². The van der Waals surface area contributed by atoms with Gasteiger partial charge in [0.2, 0.25) is 5.91 Å². The first-order chi connectivity index (χ1) is 30.0. The van der Waals surface area contributed by atoms with E-state index in [1.54, 1.807) is 6.08 Å². The maximum atomic E-state index is 12.4. The van der Waals surface area contributed by atoms with Crippen LogP contribution in [-0.2, 0) is 14.3 Å². The summed E-state index contributed by atoms with van der Waals surface area (Å²) in [5.74, 6) is -0.0791. The highest BCUT2D eigenvalue weighted by molar-refractivity contribution is 5.76. The van der Waals surface area contributed by atoms with Gasteiger partial charge < -0.3 is 20.3 Å². The number of carbonyl (C=O) groups is 2. The molecule has 0 aliphatic heterocycles. The van der Waals surface area contributed by atoms with Crippen molar-refractivity contribution in [1.29, 1.82) is 0 Å². The number of hydrogen-bond acceptors (Lipinski definition) is 5. The van der Waals surface area contributed by atoms with E-state index >= 15 is 0 Å². The molecule has 2 atom stereocenters. The van der Waals surface area contributed by atoms with E-state index in [9.17, 15) is 19.8 Å². The van der Waals surface area contributed by atoms with Crippen molar-refractivity contribution < 1.29 is 24.5 Å². The zero-order valence-electron chi connectivity index (χ0n) is 40.6. The van der Waals surface area contributed by atoms with Crippen LogP contribution >= 0.6 is 0 Å². The van der Waals surface area contributed by atoms with Crippen LogP contribution in [-0.4, -0.2) is 47.4 Å². The molecular formula is C55H103NO5. The maximum Gasteiger partial charge on any atom is 0.305 e. The molecule has 0 rings (SSSR count). The summed E-state index contributed by atoms with van der Waals surface area (Å²) in [6, 6.07) is -0.631. The van der Waals surface area contributed by atoms with Gasteiger partial charge in [-0.3, -0.25) is 9.59 Å². The highest BCUT2D eigenvalue weighted by atomic mass is 16.5. The predicted molar refractivity (Wildman–Crippen MR) is 264 cm³/mol. The minimum atomic E-state index is -0.846. The van der Waals surface area contributed by atoms with Crippen molar-refractivity contribution in [2.75, 3.05) is 13.2 Å². The molecule has 0 aromatic heterocycles. The molecule has 0 heterocycles. The Bertz CT molecular complexity index is 993. The van der Waals surface area contributed by atoms with E-state index in [-0.39, 0.29) is 18.5 Å². The average molecular weight is 858 g/mol. The molecule has 0 saturated heterocycles. The second-order valence-electron chi connectivity index (χ2n) is 18.2. The molecule has 0 spiro atoms. The largest absolute Gasteiger partial charge is 0.466 e. The summed E-state index contributed by atoms with van der Waals surface area (Å²) >= 11 is 0. The molecule has 6 nitrogen and oxygen atoms in total. The summed E-state index contributed by atoms with van der Waals surface area (Å²) in [5, 5.41) is 22.9. The van der Waals surface area contributed by atoms with Gasteiger partial charge in [0.1, 0.15) is 0 Å². The second kappa shape index (κ2) is 50.7. The minimum absolute atomic E-state index is 0.000674. The Kier molecular flexibility index (Phi) is 49.1. The van der Waals surface area contributed by atoms with E-state index in [0.29, 0.717) is 19.4 Å². The fourth-order valence-corrected chi connectivity index (χ4v) is 7.97. The number of nitrogens with one attached hydrogen (secondary N) is 1. The molecule has 2 unspecified atom stereocenters. The Balaban J connectivity index is 3.42. The first-order valence-corrected chi connectivity index (χ1v) is 26.8. The van der Waals surface area contributed by atoms with E-state index in [2.05, 4.69) is 43.5 Å². The van der Waals surface area contributed by atoms with Gasteiger partial charge in [0.25, 0.3) is 0 Å². The Morgan fingerprint density at radius 3 is 1.18 bits per heavy atom. The molecule has 0 aliphatic carbocycles. The van der Waals surface area contributed by atoms with Crippen molar-refractivity contribution in [3.63, 3.8) is 0 Å². The fourth-order valence-electron chi connectivity index (χ4n) is 7.97. The summed E-state index contributed by atoms with van der Waals surface area (Å²) < 4.78 is 5.46. The molecule has 0 fully saturated rings. The number of hydrogen-bond donors (Lipinski definition) is 3. The van der Waals surface area contributed by atoms with E-state index in [0.717, 1.165) is 51.4 Å². The number of ether oxygens (including phenoxy) is 1. The molecule has 0 aliphatic rings. The maximum absolute atomic E-state index is 12.4. The molecule has 0 saturated carbocycles. The van der Waals surface area contributed by atoms with E-state index in [4.69, 9.17) is 4.74 Å². The smallest absolute Gasteiger partial charge is 0.305 e. The molecule has 0 aromatic carbocycles. The lowest BCUT2D eigenvalue weighted by atomic mass is 10.0. The van der Waals surface area contributed by atoms with Gasteiger partial charge in [-0.05, 0) is 83.5 Å². The number of aliphatic hydroxyl groups is 2. The lowest BCUT2D eigenvalue weighted by molar-refractivity contribution is -0.143. The normalized spacial score (nSPS) is 12.9. The van der Waals surface area contributed by atoms with Crippen LogP contribution in [0.2, 0.25) is 0 Å². The number of aliphatic hydroxyl groups excluding tert-OH is 2. The lowest BCUT2D eigenvalue weighted by Gasteiger charge is -2.20. The molecule has 61 heavy (non-hydrogen) atoms. The molecule has 0 radical (unpaired) electrons. The van der Waals surface area contributed by atoms with Crippen LogP contribution in [0.25, 0.3) is 0 Å². The monoisotopic (exact) mass is 858 g/mol. The van der Waals surface area contributed by atoms with Gasteiger partial charge >= 0.3 is 5.97 Å². The molecule has 1 amide bonds. The van der Waals surface area contributed by atoms with Crippen molar-refractivity contribution in [2.45, 2.75) is 289 Å². The summed E-state index contributed by atoms with van der Waals surface area (Å²) in [5.41, 5.74) is 0. The van der Waals surface area contributed by atoms with Crippen LogP contribution in [0.4, 0.5) is 0 Å². The zero-order chi connectivity index (χ0) is 44.4. The highest BCUT2D eigenvalue weighted by Crippen LogP contribution is 2.15. The highest BCUT2D eigenvalue weighted by Gasteiger charge is 2.18. The molecular weight excluding hydrogens is 755 g/mol. The number of esters is 1. The average Bonchev–Trinajstić information content (AvgIpc) is 3.26. The van der Waals surface area contributed by atoms with Crippen LogP contribution in [0, 0.1) is 0 Å². The van der Waals surface area contributed by atoms with Gasteiger partial charge in [0.15, 0.2) is 0 Å². The third-order valence-electron chi connectivity index (χ3n) is 12.1. The van der Waals surface area contributed by atoms with E-state index < -0.39 is 12.1 Å². The number of unbranched alkanes of at least 4 members (excludes halogenated alkanes) is 34. The minimum Gasteiger partial charge on any atom is -0.466 e. The second-order valence-corrected chi connectivity index (χ2v) is 18.2. The lowest BCUT2D eigenvalue weighted by Crippen LogP contribution is -2.45. The SMILES string of the molecule is CCCCCC/C=C\CCCCCCCC(=O)OCCCCCCCCCCCCC/C=C\CCCCCCCCCC(=O)NC(CO)C(O)/C=C/CCCCCCCCC. The molecule has 3 N–H and O–H groups in total. The zero-order valence-corrected chi connectivity index (χ0v) is 40.6. The van der Waals surface area contributed by atoms with Crippen molar-refractivity contribution in [3.05, 3.63) is 36.5 Å². The third kappa shape index (κ3) is 47.4. The van der Waals surface area contributed by atoms with Gasteiger partial charge in [0.05, 0.1) is 25.4 Å². The summed E-state index contributed by atoms with van der Waals surface area (Å²) in [4.78, 5) is 24.4. The van der Waals surface area contributed by atoms with Gasteiger partial charge in [-0.15, -0.1) is 0 Å². The number of carbonyl (C=O) groups excluding carboxylic acids is 2. The Labute approximate surface area is 379 Å². The van der Waals surface area contributed by atoms with Gasteiger partial charge in [0, 0.05) is 12.8 Å². The van der Waals surface area contributed by atoms with Crippen molar-refractivity contribution in [3.8, 4) is 0 Å². The van der Waals surface area contributed by atoms with Crippen molar-refractivity contribution in [2.24, 2.45) is 0 Å². The summed E-state index contributed by atoms with van der Waals surface area (Å²) in [6.45, 7) is 4.85. The van der Waals surface area contributed by atoms with Gasteiger partial charge in [-0.2, -0.15) is 0 Å². The van der Waals surface area contributed by atoms with Crippen LogP contribution in [0.1, 0.15) is 277 Å². The van der Waals surface area contributed by atoms with Gasteiger partial charge in [-0.25, -0.2) is 0 Å². The first kappa shape index (κ1) is 59.1. The van der Waals surface area contributed by atoms with Crippen LogP contribution in [0.5, 0.6) is 0 Å². The molecule has 0 aromatic rings. The summed E-state index contributed by atoms with van der Waals surface area (Å²) in [7, 11) is 0. The quantitative estimate of drug-likeness (QED) is 0.0322. The third-order valence-corrected chi connectivity index (χ3v) is 12.1. The Morgan fingerprint density at radius 2 is 0.770 bits per heavy atom. The first-order valence-electron chi connectivity index (χ1n) is 26.8. The van der Waals surface area contributed by atoms with Crippen LogP contribution in [0.3, 0.4) is 0 Å². The van der Waals surface area contributed by atoms with Gasteiger partial charge in [-0.1, -0.05) is 217 Å². The standard InChI is InChI=1S/C55H103NO5/c1-3-5-7-9-11-13-14-25-29-33-37-41-45-49-55(60)61-50-46-42-38-34-30-27-24-22-20-18-16-15-17-19-21-23-26-28-32-36-40-44-48-54(59)56-52(51-57)53(58)47-43-39-35-31-12-10-8-6-4-2/h13-14,17,19,43,47,52-53,57-58H,3-12,15-16,18,20-42,44-46,48-51H2,1-2H3,(H,56,59)/b14-13-,19-17-,47-43+. The topological polar surface area (TPSA) is 95.9 Å². The van der Waals surface area contributed by atoms with E-state index in [1.807, 2.05) is 6.08 Å². The fraction of sp³-hybridized carbons (Fsp3) is 0.855.